The number of halogens is 4. The molecule has 1 heterocycles. The van der Waals surface area contributed by atoms with Crippen LogP contribution in [0.15, 0.2) is 0 Å². The van der Waals surface area contributed by atoms with Gasteiger partial charge in [-0.3, -0.25) is 4.79 Å². The second-order valence-corrected chi connectivity index (χ2v) is 10.5. The molecule has 160 valence electrons. The summed E-state index contributed by atoms with van der Waals surface area (Å²) in [5.74, 6) is -10.7. The molecule has 1 spiro atoms. The van der Waals surface area contributed by atoms with E-state index in [9.17, 15) is 22.4 Å². The summed E-state index contributed by atoms with van der Waals surface area (Å²) >= 11 is 0. The molecule has 5 fully saturated rings. The van der Waals surface area contributed by atoms with Crippen molar-refractivity contribution in [3.05, 3.63) is 0 Å². The zero-order valence-electron chi connectivity index (χ0n) is 16.5. The van der Waals surface area contributed by atoms with E-state index in [2.05, 4.69) is 0 Å². The normalized spacial score (nSPS) is 40.3. The number of carbonyl (C=O) groups excluding carboxylic acids is 1. The van der Waals surface area contributed by atoms with Gasteiger partial charge in [-0.15, -0.1) is 0 Å². The van der Waals surface area contributed by atoms with E-state index in [4.69, 9.17) is 14.2 Å². The topological polar surface area (TPSA) is 44.8 Å². The zero-order chi connectivity index (χ0) is 20.6. The van der Waals surface area contributed by atoms with Gasteiger partial charge in [0, 0.05) is 11.8 Å². The van der Waals surface area contributed by atoms with Gasteiger partial charge < -0.3 is 14.2 Å². The highest BCUT2D eigenvalue weighted by Crippen LogP contribution is 2.66. The lowest BCUT2D eigenvalue weighted by Crippen LogP contribution is -2.65. The fraction of sp³-hybridized carbons (Fsp3) is 0.950. The lowest BCUT2D eigenvalue weighted by molar-refractivity contribution is -0.346. The molecule has 4 bridgehead atoms. The molecule has 28 heavy (non-hydrogen) atoms. The highest BCUT2D eigenvalue weighted by molar-refractivity contribution is 5.77. The van der Waals surface area contributed by atoms with Gasteiger partial charge in [-0.1, -0.05) is 20.8 Å². The van der Waals surface area contributed by atoms with Crippen LogP contribution < -0.4 is 0 Å². The summed E-state index contributed by atoms with van der Waals surface area (Å²) in [6.07, 6.45) is 2.73. The smallest absolute Gasteiger partial charge is 0.335 e. The molecule has 5 rings (SSSR count). The van der Waals surface area contributed by atoms with Crippen LogP contribution in [-0.4, -0.2) is 43.4 Å². The summed E-state index contributed by atoms with van der Waals surface area (Å²) in [5, 5.41) is 0. The van der Waals surface area contributed by atoms with Crippen molar-refractivity contribution in [2.75, 3.05) is 19.8 Å². The Bertz CT molecular complexity index is 621. The molecule has 0 amide bonds. The maximum atomic E-state index is 13.8. The fourth-order valence-corrected chi connectivity index (χ4v) is 5.74. The minimum Gasteiger partial charge on any atom is -0.465 e. The second kappa shape index (κ2) is 6.06. The van der Waals surface area contributed by atoms with Crippen molar-refractivity contribution < 1.29 is 36.6 Å². The van der Waals surface area contributed by atoms with Crippen molar-refractivity contribution >= 4 is 5.97 Å². The molecule has 0 N–H and O–H groups in total. The van der Waals surface area contributed by atoms with Gasteiger partial charge in [0.05, 0.1) is 12.0 Å². The molecule has 2 unspecified atom stereocenters. The Kier molecular flexibility index (Phi) is 4.41. The third kappa shape index (κ3) is 3.06. The van der Waals surface area contributed by atoms with E-state index in [0.717, 1.165) is 0 Å². The highest BCUT2D eigenvalue weighted by Gasteiger charge is 2.70. The quantitative estimate of drug-likeness (QED) is 0.501. The lowest BCUT2D eigenvalue weighted by atomic mass is 9.47. The van der Waals surface area contributed by atoms with E-state index in [0.29, 0.717) is 38.7 Å². The largest absolute Gasteiger partial charge is 0.465 e. The summed E-state index contributed by atoms with van der Waals surface area (Å²) in [7, 11) is 0. The highest BCUT2D eigenvalue weighted by atomic mass is 19.3. The maximum absolute atomic E-state index is 13.8. The van der Waals surface area contributed by atoms with Crippen LogP contribution in [0.25, 0.3) is 0 Å². The van der Waals surface area contributed by atoms with E-state index in [-0.39, 0.29) is 29.1 Å². The molecular weight excluding hydrogens is 380 g/mol. The minimum atomic E-state index is -4.27. The van der Waals surface area contributed by atoms with Crippen molar-refractivity contribution in [2.45, 2.75) is 70.5 Å². The first-order valence-corrected chi connectivity index (χ1v) is 9.99. The molecule has 8 heteroatoms. The number of alkyl halides is 4. The Balaban J connectivity index is 1.56. The van der Waals surface area contributed by atoms with Gasteiger partial charge in [0.15, 0.2) is 5.79 Å². The molecule has 0 aromatic heterocycles. The number of esters is 1. The van der Waals surface area contributed by atoms with Gasteiger partial charge in [0.2, 0.25) is 0 Å². The number of hydrogen-bond acceptors (Lipinski definition) is 4. The van der Waals surface area contributed by atoms with Crippen molar-refractivity contribution in [1.29, 1.82) is 0 Å². The number of rotatable bonds is 2. The van der Waals surface area contributed by atoms with Gasteiger partial charge in [-0.2, -0.15) is 17.6 Å². The molecule has 1 saturated heterocycles. The molecule has 2 atom stereocenters. The van der Waals surface area contributed by atoms with Crippen molar-refractivity contribution in [3.63, 3.8) is 0 Å². The predicted molar refractivity (Wildman–Crippen MR) is 90.9 cm³/mol. The third-order valence-corrected chi connectivity index (χ3v) is 6.89. The molecule has 0 aromatic rings. The third-order valence-electron chi connectivity index (χ3n) is 6.89. The van der Waals surface area contributed by atoms with E-state index >= 15 is 0 Å². The van der Waals surface area contributed by atoms with Gasteiger partial charge in [0.1, 0.15) is 13.2 Å². The van der Waals surface area contributed by atoms with Gasteiger partial charge in [0.25, 0.3) is 0 Å². The maximum Gasteiger partial charge on any atom is 0.335 e. The predicted octanol–water partition coefficient (Wildman–Crippen LogP) is 4.42. The minimum absolute atomic E-state index is 0.163. The number of carbonyl (C=O) groups is 1. The first-order chi connectivity index (χ1) is 12.8. The van der Waals surface area contributed by atoms with E-state index < -0.39 is 36.3 Å². The monoisotopic (exact) mass is 408 g/mol. The standard InChI is InChI=1S/C20H28F4O4/c1-16(2,3)9-26-15(25)17-6-12-4-13(7-17)20(14(5-12)8-17)27-10-18(21,22)19(23,24)11-28-20/h12-14H,4-11H2,1-3H3. The van der Waals surface area contributed by atoms with Crippen LogP contribution in [0, 0.1) is 28.6 Å². The zero-order valence-corrected chi connectivity index (χ0v) is 16.5. The summed E-state index contributed by atoms with van der Waals surface area (Å²) in [5.41, 5.74) is -0.846. The summed E-state index contributed by atoms with van der Waals surface area (Å²) < 4.78 is 71.8. The number of hydrogen-bond donors (Lipinski definition) is 0. The fourth-order valence-electron chi connectivity index (χ4n) is 5.74. The van der Waals surface area contributed by atoms with Crippen LogP contribution in [0.3, 0.4) is 0 Å². The SMILES string of the molecule is CC(C)(C)COC(=O)C12CC3CC(C1)C1(OCC(F)(F)C(F)(F)CO1)C(C3)C2. The molecule has 1 aliphatic heterocycles. The molecule has 4 saturated carbocycles. The van der Waals surface area contributed by atoms with Gasteiger partial charge in [-0.05, 0) is 43.4 Å². The van der Waals surface area contributed by atoms with Crippen LogP contribution in [0.5, 0.6) is 0 Å². The van der Waals surface area contributed by atoms with Crippen molar-refractivity contribution in [2.24, 2.45) is 28.6 Å². The molecule has 0 radical (unpaired) electrons. The average molecular weight is 408 g/mol. The van der Waals surface area contributed by atoms with Gasteiger partial charge >= 0.3 is 17.8 Å². The van der Waals surface area contributed by atoms with Gasteiger partial charge in [-0.25, -0.2) is 0 Å². The van der Waals surface area contributed by atoms with Crippen molar-refractivity contribution in [3.8, 4) is 0 Å². The summed E-state index contributed by atoms with van der Waals surface area (Å²) in [4.78, 5) is 12.9. The molecular formula is C20H28F4O4. The van der Waals surface area contributed by atoms with E-state index in [1.54, 1.807) is 0 Å². The molecule has 4 aliphatic carbocycles. The van der Waals surface area contributed by atoms with Crippen LogP contribution in [0.2, 0.25) is 0 Å². The van der Waals surface area contributed by atoms with Crippen LogP contribution in [-0.2, 0) is 19.0 Å². The first-order valence-electron chi connectivity index (χ1n) is 9.99. The Labute approximate surface area is 162 Å². The van der Waals surface area contributed by atoms with Crippen molar-refractivity contribution in [1.82, 2.24) is 0 Å². The van der Waals surface area contributed by atoms with Crippen LogP contribution in [0.1, 0.15) is 52.9 Å². The molecule has 0 aromatic carbocycles. The Morgan fingerprint density at radius 3 is 1.93 bits per heavy atom. The Morgan fingerprint density at radius 1 is 0.964 bits per heavy atom. The summed E-state index contributed by atoms with van der Waals surface area (Å²) in [6.45, 7) is 3.50. The lowest BCUT2D eigenvalue weighted by Gasteiger charge is -2.62. The molecule has 5 aliphatic rings. The Morgan fingerprint density at radius 2 is 1.46 bits per heavy atom. The number of ether oxygens (including phenoxy) is 3. The van der Waals surface area contributed by atoms with E-state index in [1.165, 1.54) is 0 Å². The average Bonchev–Trinajstić information content (AvgIpc) is 2.66. The van der Waals surface area contributed by atoms with Crippen LogP contribution in [0.4, 0.5) is 17.6 Å². The Hall–Kier alpha value is -0.890. The first kappa shape index (κ1) is 20.4. The summed E-state index contributed by atoms with van der Waals surface area (Å²) in [6, 6.07) is 0. The molecule has 4 nitrogen and oxygen atoms in total. The van der Waals surface area contributed by atoms with E-state index in [1.807, 2.05) is 20.8 Å². The van der Waals surface area contributed by atoms with Crippen LogP contribution >= 0.6 is 0 Å². The second-order valence-electron chi connectivity index (χ2n) is 10.5.